The largest absolute Gasteiger partial charge is 0.390 e. The molecule has 0 radical (unpaired) electrons. The van der Waals surface area contributed by atoms with E-state index in [4.69, 9.17) is 0 Å². The molecule has 0 aromatic rings. The molecule has 0 aromatic carbocycles. The quantitative estimate of drug-likeness (QED) is 0.695. The monoisotopic (exact) mass is 228 g/mol. The molecule has 2 N–H and O–H groups in total. The maximum atomic E-state index is 9.98. The van der Waals surface area contributed by atoms with Gasteiger partial charge in [-0.1, -0.05) is 6.92 Å². The number of aliphatic hydroxyl groups is 1. The summed E-state index contributed by atoms with van der Waals surface area (Å²) in [5.74, 6) is 0. The summed E-state index contributed by atoms with van der Waals surface area (Å²) < 4.78 is 0. The second kappa shape index (κ2) is 5.99. The third-order valence-electron chi connectivity index (χ3n) is 2.89. The first-order chi connectivity index (χ1) is 7.42. The van der Waals surface area contributed by atoms with Crippen molar-refractivity contribution in [3.63, 3.8) is 0 Å². The molecule has 1 aliphatic carbocycles. The molecule has 0 bridgehead atoms. The zero-order chi connectivity index (χ0) is 12.2. The summed E-state index contributed by atoms with van der Waals surface area (Å²) in [5, 5.41) is 13.3. The third-order valence-corrected chi connectivity index (χ3v) is 2.89. The lowest BCUT2D eigenvalue weighted by Gasteiger charge is -2.27. The highest BCUT2D eigenvalue weighted by atomic mass is 16.3. The highest BCUT2D eigenvalue weighted by Gasteiger charge is 2.29. The number of nitrogens with zero attached hydrogens (tertiary/aromatic N) is 1. The van der Waals surface area contributed by atoms with Crippen molar-refractivity contribution in [3.8, 4) is 0 Å². The Balaban J connectivity index is 2.22. The Morgan fingerprint density at radius 2 is 2.00 bits per heavy atom. The Labute approximate surface area is 100 Å². The second-order valence-electron chi connectivity index (χ2n) is 6.01. The topological polar surface area (TPSA) is 35.5 Å². The van der Waals surface area contributed by atoms with Gasteiger partial charge in [-0.15, -0.1) is 0 Å². The molecule has 0 saturated heterocycles. The predicted molar refractivity (Wildman–Crippen MR) is 68.6 cm³/mol. The van der Waals surface area contributed by atoms with Gasteiger partial charge in [0.2, 0.25) is 0 Å². The number of nitrogens with one attached hydrogen (secondary N) is 1. The Hall–Kier alpha value is -0.120. The summed E-state index contributed by atoms with van der Waals surface area (Å²) in [6.07, 6.45) is 3.57. The van der Waals surface area contributed by atoms with E-state index < -0.39 is 0 Å². The van der Waals surface area contributed by atoms with Gasteiger partial charge in [-0.25, -0.2) is 0 Å². The Morgan fingerprint density at radius 3 is 2.44 bits per heavy atom. The van der Waals surface area contributed by atoms with Crippen LogP contribution in [-0.4, -0.2) is 47.3 Å². The van der Waals surface area contributed by atoms with Crippen LogP contribution in [-0.2, 0) is 0 Å². The molecule has 16 heavy (non-hydrogen) atoms. The standard InChI is InChI=1S/C13H28N2O/c1-5-8-15(11-6-7-11)10-12(16)9-14-13(2,3)4/h11-12,14,16H,5-10H2,1-4H3. The lowest BCUT2D eigenvalue weighted by atomic mass is 10.1. The molecule has 1 fully saturated rings. The summed E-state index contributed by atoms with van der Waals surface area (Å²) in [6, 6.07) is 0.754. The van der Waals surface area contributed by atoms with Crippen molar-refractivity contribution < 1.29 is 5.11 Å². The summed E-state index contributed by atoms with van der Waals surface area (Å²) in [5.41, 5.74) is 0.0934. The summed E-state index contributed by atoms with van der Waals surface area (Å²) >= 11 is 0. The van der Waals surface area contributed by atoms with Gasteiger partial charge >= 0.3 is 0 Å². The van der Waals surface area contributed by atoms with Crippen LogP contribution in [0.15, 0.2) is 0 Å². The first kappa shape index (κ1) is 13.9. The van der Waals surface area contributed by atoms with Crippen LogP contribution in [0.2, 0.25) is 0 Å². The number of hydrogen-bond acceptors (Lipinski definition) is 3. The van der Waals surface area contributed by atoms with Crippen LogP contribution in [0, 0.1) is 0 Å². The van der Waals surface area contributed by atoms with Crippen LogP contribution >= 0.6 is 0 Å². The van der Waals surface area contributed by atoms with E-state index in [1.165, 1.54) is 19.3 Å². The normalized spacial score (nSPS) is 19.1. The Morgan fingerprint density at radius 1 is 1.38 bits per heavy atom. The van der Waals surface area contributed by atoms with Gasteiger partial charge in [0.15, 0.2) is 0 Å². The average Bonchev–Trinajstić information content (AvgIpc) is 2.96. The molecule has 0 amide bonds. The molecular weight excluding hydrogens is 200 g/mol. The van der Waals surface area contributed by atoms with Gasteiger partial charge < -0.3 is 10.4 Å². The first-order valence-electron chi connectivity index (χ1n) is 6.59. The third kappa shape index (κ3) is 5.83. The van der Waals surface area contributed by atoms with Gasteiger partial charge in [0.05, 0.1) is 6.10 Å². The summed E-state index contributed by atoms with van der Waals surface area (Å²) in [7, 11) is 0. The maximum absolute atomic E-state index is 9.98. The second-order valence-corrected chi connectivity index (χ2v) is 6.01. The Bertz CT molecular complexity index is 197. The van der Waals surface area contributed by atoms with Crippen LogP contribution < -0.4 is 5.32 Å². The number of β-amino-alcohol motifs (C(OH)–C–C–N with tert-alkyl or cyclic N) is 1. The van der Waals surface area contributed by atoms with Gasteiger partial charge in [-0.3, -0.25) is 4.90 Å². The van der Waals surface area contributed by atoms with E-state index in [9.17, 15) is 5.11 Å². The van der Waals surface area contributed by atoms with Crippen molar-refractivity contribution >= 4 is 0 Å². The van der Waals surface area contributed by atoms with E-state index in [0.29, 0.717) is 6.54 Å². The minimum Gasteiger partial charge on any atom is -0.390 e. The highest BCUT2D eigenvalue weighted by molar-refractivity contribution is 4.86. The van der Waals surface area contributed by atoms with Crippen molar-refractivity contribution in [2.45, 2.75) is 64.6 Å². The lowest BCUT2D eigenvalue weighted by Crippen LogP contribution is -2.45. The van der Waals surface area contributed by atoms with Crippen molar-refractivity contribution in [2.75, 3.05) is 19.6 Å². The fraction of sp³-hybridized carbons (Fsp3) is 1.00. The fourth-order valence-electron chi connectivity index (χ4n) is 1.91. The minimum atomic E-state index is -0.244. The molecule has 1 unspecified atom stereocenters. The van der Waals surface area contributed by atoms with E-state index in [1.54, 1.807) is 0 Å². The van der Waals surface area contributed by atoms with Crippen LogP contribution in [0.5, 0.6) is 0 Å². The van der Waals surface area contributed by atoms with Crippen molar-refractivity contribution in [2.24, 2.45) is 0 Å². The number of aliphatic hydroxyl groups excluding tert-OH is 1. The molecule has 0 spiro atoms. The zero-order valence-corrected chi connectivity index (χ0v) is 11.3. The highest BCUT2D eigenvalue weighted by Crippen LogP contribution is 2.26. The van der Waals surface area contributed by atoms with Gasteiger partial charge in [0.1, 0.15) is 0 Å². The van der Waals surface area contributed by atoms with E-state index in [1.807, 2.05) is 0 Å². The molecule has 0 aromatic heterocycles. The van der Waals surface area contributed by atoms with Crippen molar-refractivity contribution in [3.05, 3.63) is 0 Å². The molecule has 0 heterocycles. The lowest BCUT2D eigenvalue weighted by molar-refractivity contribution is 0.101. The van der Waals surface area contributed by atoms with Gasteiger partial charge in [-0.05, 0) is 46.6 Å². The van der Waals surface area contributed by atoms with Crippen molar-refractivity contribution in [1.29, 1.82) is 0 Å². The molecule has 1 saturated carbocycles. The predicted octanol–water partition coefficient (Wildman–Crippen LogP) is 1.61. The van der Waals surface area contributed by atoms with Gasteiger partial charge in [0.25, 0.3) is 0 Å². The molecule has 1 aliphatic rings. The smallest absolute Gasteiger partial charge is 0.0791 e. The van der Waals surface area contributed by atoms with Crippen molar-refractivity contribution in [1.82, 2.24) is 10.2 Å². The summed E-state index contributed by atoms with van der Waals surface area (Å²) in [6.45, 7) is 11.2. The molecule has 96 valence electrons. The molecule has 3 nitrogen and oxygen atoms in total. The number of rotatable bonds is 7. The zero-order valence-electron chi connectivity index (χ0n) is 11.3. The minimum absolute atomic E-state index is 0.0934. The summed E-state index contributed by atoms with van der Waals surface area (Å²) in [4.78, 5) is 2.44. The van der Waals surface area contributed by atoms with Gasteiger partial charge in [0, 0.05) is 24.7 Å². The molecular formula is C13H28N2O. The van der Waals surface area contributed by atoms with Crippen LogP contribution in [0.3, 0.4) is 0 Å². The molecule has 0 aliphatic heterocycles. The van der Waals surface area contributed by atoms with Crippen LogP contribution in [0.1, 0.15) is 47.0 Å². The SMILES string of the molecule is CCCN(CC(O)CNC(C)(C)C)C1CC1. The van der Waals surface area contributed by atoms with E-state index in [-0.39, 0.29) is 11.6 Å². The molecule has 3 heteroatoms. The van der Waals surface area contributed by atoms with E-state index in [0.717, 1.165) is 19.1 Å². The van der Waals surface area contributed by atoms with E-state index >= 15 is 0 Å². The Kier molecular flexibility index (Phi) is 5.22. The molecule has 1 atom stereocenters. The number of hydrogen-bond donors (Lipinski definition) is 2. The molecule has 1 rings (SSSR count). The average molecular weight is 228 g/mol. The fourth-order valence-corrected chi connectivity index (χ4v) is 1.91. The van der Waals surface area contributed by atoms with E-state index in [2.05, 4.69) is 37.9 Å². The van der Waals surface area contributed by atoms with Crippen LogP contribution in [0.4, 0.5) is 0 Å². The maximum Gasteiger partial charge on any atom is 0.0791 e. The van der Waals surface area contributed by atoms with Gasteiger partial charge in [-0.2, -0.15) is 0 Å². The first-order valence-corrected chi connectivity index (χ1v) is 6.59. The van der Waals surface area contributed by atoms with Crippen LogP contribution in [0.25, 0.3) is 0 Å².